The maximum absolute atomic E-state index is 12.8. The molecule has 0 spiro atoms. The van der Waals surface area contributed by atoms with Crippen LogP contribution in [0.4, 0.5) is 0 Å². The van der Waals surface area contributed by atoms with E-state index in [-0.39, 0.29) is 30.2 Å². The number of esters is 2. The predicted molar refractivity (Wildman–Crippen MR) is 224 cm³/mol. The summed E-state index contributed by atoms with van der Waals surface area (Å²) in [5.74, 6) is 6.29. The highest BCUT2D eigenvalue weighted by molar-refractivity contribution is 6.74. The van der Waals surface area contributed by atoms with E-state index in [0.29, 0.717) is 12.8 Å². The van der Waals surface area contributed by atoms with Crippen molar-refractivity contribution in [3.05, 3.63) is 59.2 Å². The van der Waals surface area contributed by atoms with E-state index in [1.54, 1.807) is 0 Å². The molecule has 294 valence electrons. The van der Waals surface area contributed by atoms with Gasteiger partial charge in [0.1, 0.15) is 6.61 Å². The number of ether oxygens (including phenoxy) is 2. The van der Waals surface area contributed by atoms with Crippen LogP contribution in [-0.4, -0.2) is 39.6 Å². The van der Waals surface area contributed by atoms with Crippen molar-refractivity contribution >= 4 is 20.3 Å². The highest BCUT2D eigenvalue weighted by Gasteiger charge is 2.38. The van der Waals surface area contributed by atoms with Gasteiger partial charge in [-0.05, 0) is 78.2 Å². The van der Waals surface area contributed by atoms with Crippen molar-refractivity contribution in [1.82, 2.24) is 0 Å². The number of benzene rings is 2. The smallest absolute Gasteiger partial charge is 0.306 e. The summed E-state index contributed by atoms with van der Waals surface area (Å²) in [6, 6.07) is 15.3. The number of unbranched alkanes of at least 4 members (excludes halogenated alkanes) is 16. The standard InChI is InChI=1S/C47H72O5Si/c1-7-8-9-10-11-12-13-14-18-21-24-31-45(48)50-37-42(38-51-53(5,6)47(2,3)4)52-46(49)32-25-22-19-16-15-17-20-23-28-39-33-34-44-41(35-39)36-40-29-26-27-30-43(40)44/h26-27,29-30,33-35,42H,7-22,24-25,31-32,36-38H2,1-6H3/t42-/m1/s1. The van der Waals surface area contributed by atoms with E-state index in [1.165, 1.54) is 80.0 Å². The highest BCUT2D eigenvalue weighted by atomic mass is 28.4. The minimum absolute atomic E-state index is 0.0373. The van der Waals surface area contributed by atoms with Gasteiger partial charge >= 0.3 is 11.9 Å². The van der Waals surface area contributed by atoms with Gasteiger partial charge in [-0.25, -0.2) is 0 Å². The van der Waals surface area contributed by atoms with Gasteiger partial charge in [0, 0.05) is 24.8 Å². The van der Waals surface area contributed by atoms with Gasteiger partial charge in [-0.1, -0.05) is 160 Å². The van der Waals surface area contributed by atoms with Gasteiger partial charge in [0.2, 0.25) is 0 Å². The molecule has 1 aliphatic rings. The molecule has 3 rings (SSSR count). The third kappa shape index (κ3) is 17.4. The molecule has 0 saturated heterocycles. The monoisotopic (exact) mass is 745 g/mol. The lowest BCUT2D eigenvalue weighted by Crippen LogP contribution is -2.44. The zero-order valence-electron chi connectivity index (χ0n) is 34.4. The van der Waals surface area contributed by atoms with Crippen molar-refractivity contribution in [2.45, 2.75) is 187 Å². The molecular weight excluding hydrogens is 673 g/mol. The van der Waals surface area contributed by atoms with Gasteiger partial charge in [-0.2, -0.15) is 0 Å². The van der Waals surface area contributed by atoms with Crippen LogP contribution in [0.25, 0.3) is 11.1 Å². The van der Waals surface area contributed by atoms with Gasteiger partial charge in [-0.15, -0.1) is 0 Å². The maximum Gasteiger partial charge on any atom is 0.306 e. The number of carbonyl (C=O) groups is 2. The van der Waals surface area contributed by atoms with E-state index in [2.05, 4.69) is 95.1 Å². The summed E-state index contributed by atoms with van der Waals surface area (Å²) >= 11 is 0. The van der Waals surface area contributed by atoms with Crippen LogP contribution in [0.3, 0.4) is 0 Å². The van der Waals surface area contributed by atoms with Crippen molar-refractivity contribution in [2.24, 2.45) is 0 Å². The van der Waals surface area contributed by atoms with Crippen molar-refractivity contribution in [3.8, 4) is 23.0 Å². The molecule has 53 heavy (non-hydrogen) atoms. The maximum atomic E-state index is 12.8. The number of carbonyl (C=O) groups excluding carboxylic acids is 2. The molecule has 0 amide bonds. The molecule has 0 heterocycles. The summed E-state index contributed by atoms with van der Waals surface area (Å²) in [5.41, 5.74) is 6.60. The van der Waals surface area contributed by atoms with Crippen LogP contribution in [-0.2, 0) is 29.9 Å². The summed E-state index contributed by atoms with van der Waals surface area (Å²) in [6.07, 6.45) is 22.1. The van der Waals surface area contributed by atoms with Gasteiger partial charge < -0.3 is 13.9 Å². The summed E-state index contributed by atoms with van der Waals surface area (Å²) in [5, 5.41) is 0.0373. The zero-order chi connectivity index (χ0) is 38.4. The number of hydrogen-bond donors (Lipinski definition) is 0. The van der Waals surface area contributed by atoms with Crippen LogP contribution in [0.2, 0.25) is 18.1 Å². The van der Waals surface area contributed by atoms with Crippen molar-refractivity contribution in [2.75, 3.05) is 13.2 Å². The van der Waals surface area contributed by atoms with E-state index in [1.807, 2.05) is 0 Å². The van der Waals surface area contributed by atoms with Crippen LogP contribution in [0.15, 0.2) is 42.5 Å². The number of hydrogen-bond acceptors (Lipinski definition) is 5. The Hall–Kier alpha value is -2.88. The Balaban J connectivity index is 1.27. The van der Waals surface area contributed by atoms with Crippen LogP contribution in [0, 0.1) is 11.8 Å². The molecule has 1 atom stereocenters. The average Bonchev–Trinajstić information content (AvgIpc) is 3.50. The lowest BCUT2D eigenvalue weighted by molar-refractivity contribution is -0.161. The third-order valence-corrected chi connectivity index (χ3v) is 15.6. The normalized spacial score (nSPS) is 12.8. The Kier molecular flexibility index (Phi) is 20.6. The quantitative estimate of drug-likeness (QED) is 0.0354. The van der Waals surface area contributed by atoms with Crippen LogP contribution in [0.1, 0.15) is 173 Å². The second kappa shape index (κ2) is 24.5. The van der Waals surface area contributed by atoms with Gasteiger partial charge in [0.15, 0.2) is 14.4 Å². The van der Waals surface area contributed by atoms with Crippen LogP contribution in [0.5, 0.6) is 0 Å². The van der Waals surface area contributed by atoms with Crippen molar-refractivity contribution in [3.63, 3.8) is 0 Å². The minimum Gasteiger partial charge on any atom is -0.462 e. The Labute approximate surface area is 324 Å². The zero-order valence-corrected chi connectivity index (χ0v) is 35.4. The largest absolute Gasteiger partial charge is 0.462 e. The second-order valence-corrected chi connectivity index (χ2v) is 21.6. The van der Waals surface area contributed by atoms with Gasteiger partial charge in [0.25, 0.3) is 0 Å². The average molecular weight is 745 g/mol. The van der Waals surface area contributed by atoms with E-state index < -0.39 is 14.4 Å². The van der Waals surface area contributed by atoms with Gasteiger partial charge in [0.05, 0.1) is 6.61 Å². The summed E-state index contributed by atoms with van der Waals surface area (Å²) in [6.45, 7) is 13.5. The molecule has 0 N–H and O–H groups in total. The number of fused-ring (bicyclic) bond motifs is 3. The first kappa shape index (κ1) is 44.5. The fourth-order valence-electron chi connectivity index (χ4n) is 6.65. The molecule has 1 aliphatic carbocycles. The van der Waals surface area contributed by atoms with Crippen LogP contribution < -0.4 is 0 Å². The van der Waals surface area contributed by atoms with Crippen molar-refractivity contribution in [1.29, 1.82) is 0 Å². The third-order valence-electron chi connectivity index (χ3n) is 11.1. The Bertz CT molecular complexity index is 1430. The van der Waals surface area contributed by atoms with E-state index >= 15 is 0 Å². The minimum atomic E-state index is -2.05. The SMILES string of the molecule is CCCCCCCCCCCCCC(=O)OC[C@H](CO[Si](C)(C)C(C)(C)C)OC(=O)CCCCCCCCC#Cc1ccc2c(c1)Cc1ccccc1-2. The van der Waals surface area contributed by atoms with E-state index in [0.717, 1.165) is 69.8 Å². The molecule has 6 heteroatoms. The Morgan fingerprint density at radius 2 is 1.26 bits per heavy atom. The molecule has 5 nitrogen and oxygen atoms in total. The molecule has 0 aliphatic heterocycles. The lowest BCUT2D eigenvalue weighted by atomic mass is 10.0. The molecule has 2 aromatic rings. The molecule has 0 saturated carbocycles. The molecule has 2 aromatic carbocycles. The van der Waals surface area contributed by atoms with Gasteiger partial charge in [-0.3, -0.25) is 9.59 Å². The van der Waals surface area contributed by atoms with Crippen molar-refractivity contribution < 1.29 is 23.5 Å². The number of rotatable bonds is 26. The molecule has 0 aromatic heterocycles. The molecule has 0 unspecified atom stereocenters. The fraction of sp³-hybridized carbons (Fsp3) is 0.660. The van der Waals surface area contributed by atoms with E-state index in [4.69, 9.17) is 13.9 Å². The molecule has 0 bridgehead atoms. The molecule has 0 fully saturated rings. The lowest BCUT2D eigenvalue weighted by Gasteiger charge is -2.37. The first-order valence-corrected chi connectivity index (χ1v) is 24.1. The fourth-order valence-corrected chi connectivity index (χ4v) is 7.68. The summed E-state index contributed by atoms with van der Waals surface area (Å²) in [4.78, 5) is 25.4. The molecule has 0 radical (unpaired) electrons. The summed E-state index contributed by atoms with van der Waals surface area (Å²) < 4.78 is 17.8. The second-order valence-electron chi connectivity index (χ2n) is 16.8. The first-order chi connectivity index (χ1) is 25.5. The topological polar surface area (TPSA) is 61.8 Å². The Morgan fingerprint density at radius 3 is 1.91 bits per heavy atom. The van der Waals surface area contributed by atoms with E-state index in [9.17, 15) is 9.59 Å². The predicted octanol–water partition coefficient (Wildman–Crippen LogP) is 12.9. The highest BCUT2D eigenvalue weighted by Crippen LogP contribution is 2.37. The molecular formula is C47H72O5Si. The first-order valence-electron chi connectivity index (χ1n) is 21.2. The summed E-state index contributed by atoms with van der Waals surface area (Å²) in [7, 11) is -2.05. The van der Waals surface area contributed by atoms with Crippen LogP contribution >= 0.6 is 0 Å². The Morgan fingerprint density at radius 1 is 0.698 bits per heavy atom.